The van der Waals surface area contributed by atoms with Crippen molar-refractivity contribution in [1.82, 2.24) is 14.5 Å². The van der Waals surface area contributed by atoms with Crippen molar-refractivity contribution in [3.05, 3.63) is 54.1 Å². The Balaban J connectivity index is 1.59. The molecular formula is C20H22FN3O2. The van der Waals surface area contributed by atoms with E-state index < -0.39 is 5.82 Å². The maximum absolute atomic E-state index is 14.0. The fourth-order valence-corrected chi connectivity index (χ4v) is 3.83. The number of amides is 1. The van der Waals surface area contributed by atoms with Crippen LogP contribution < -0.4 is 0 Å². The van der Waals surface area contributed by atoms with Crippen molar-refractivity contribution in [1.29, 1.82) is 0 Å². The highest BCUT2D eigenvalue weighted by molar-refractivity contribution is 5.99. The molecule has 0 aliphatic carbocycles. The summed E-state index contributed by atoms with van der Waals surface area (Å²) in [5.41, 5.74) is 0.878. The van der Waals surface area contributed by atoms with E-state index in [1.54, 1.807) is 24.7 Å². The van der Waals surface area contributed by atoms with Gasteiger partial charge in [0.2, 0.25) is 0 Å². The smallest absolute Gasteiger partial charge is 0.290 e. The minimum atomic E-state index is -0.431. The number of piperidine rings is 1. The van der Waals surface area contributed by atoms with Crippen LogP contribution in [0.2, 0.25) is 0 Å². The van der Waals surface area contributed by atoms with Gasteiger partial charge < -0.3 is 13.9 Å². The molecule has 136 valence electrons. The molecule has 0 N–H and O–H groups in total. The first kappa shape index (κ1) is 16.8. The average molecular weight is 355 g/mol. The Bertz CT molecular complexity index is 917. The van der Waals surface area contributed by atoms with Crippen LogP contribution in [0.4, 0.5) is 4.39 Å². The predicted octanol–water partition coefficient (Wildman–Crippen LogP) is 4.16. The van der Waals surface area contributed by atoms with E-state index >= 15 is 0 Å². The predicted molar refractivity (Wildman–Crippen MR) is 96.4 cm³/mol. The third-order valence-corrected chi connectivity index (χ3v) is 5.28. The Morgan fingerprint density at radius 1 is 1.38 bits per heavy atom. The van der Waals surface area contributed by atoms with E-state index in [4.69, 9.17) is 4.42 Å². The molecule has 1 fully saturated rings. The minimum absolute atomic E-state index is 0.131. The number of carbonyl (C=O) groups is 1. The standard InChI is InChI=1S/C20H22FN3O2/c1-14-16-6-4-7-17(21)19(16)26-18(14)20(25)24-10-3-2-5-15(24)8-11-23-12-9-22-13-23/h4,6-7,9,12-13,15H,2-3,5,8,10-11H2,1H3. The average Bonchev–Trinajstić information content (AvgIpc) is 3.29. The van der Waals surface area contributed by atoms with E-state index in [1.165, 1.54) is 6.07 Å². The van der Waals surface area contributed by atoms with Crippen LogP contribution >= 0.6 is 0 Å². The second-order valence-corrected chi connectivity index (χ2v) is 6.91. The Hall–Kier alpha value is -2.63. The van der Waals surface area contributed by atoms with Crippen molar-refractivity contribution < 1.29 is 13.6 Å². The molecule has 0 radical (unpaired) electrons. The number of rotatable bonds is 4. The molecular weight excluding hydrogens is 333 g/mol. The zero-order valence-corrected chi connectivity index (χ0v) is 14.8. The second-order valence-electron chi connectivity index (χ2n) is 6.91. The molecule has 0 bridgehead atoms. The van der Waals surface area contributed by atoms with Crippen LogP contribution in [-0.2, 0) is 6.54 Å². The second kappa shape index (κ2) is 6.94. The zero-order valence-electron chi connectivity index (χ0n) is 14.8. The first-order chi connectivity index (χ1) is 12.6. The van der Waals surface area contributed by atoms with Gasteiger partial charge in [-0.05, 0) is 38.7 Å². The van der Waals surface area contributed by atoms with Crippen LogP contribution in [0.15, 0.2) is 41.3 Å². The lowest BCUT2D eigenvalue weighted by Gasteiger charge is -2.35. The van der Waals surface area contributed by atoms with E-state index in [-0.39, 0.29) is 23.3 Å². The summed E-state index contributed by atoms with van der Waals surface area (Å²) in [6, 6.07) is 4.95. The van der Waals surface area contributed by atoms with E-state index in [0.717, 1.165) is 32.2 Å². The van der Waals surface area contributed by atoms with Crippen molar-refractivity contribution in [2.75, 3.05) is 6.54 Å². The van der Waals surface area contributed by atoms with Crippen molar-refractivity contribution in [2.45, 2.75) is 45.2 Å². The number of fused-ring (bicyclic) bond motifs is 1. The number of hydrogen-bond donors (Lipinski definition) is 0. The van der Waals surface area contributed by atoms with Gasteiger partial charge in [0.25, 0.3) is 5.91 Å². The van der Waals surface area contributed by atoms with E-state index in [2.05, 4.69) is 4.98 Å². The Kier molecular flexibility index (Phi) is 4.49. The quantitative estimate of drug-likeness (QED) is 0.706. The topological polar surface area (TPSA) is 51.3 Å². The van der Waals surface area contributed by atoms with E-state index in [1.807, 2.05) is 22.6 Å². The molecule has 4 rings (SSSR count). The molecule has 0 spiro atoms. The monoisotopic (exact) mass is 355 g/mol. The SMILES string of the molecule is Cc1c(C(=O)N2CCCCC2CCn2ccnc2)oc2c(F)cccc12. The molecule has 26 heavy (non-hydrogen) atoms. The van der Waals surface area contributed by atoms with Crippen LogP contribution in [0, 0.1) is 12.7 Å². The van der Waals surface area contributed by atoms with Crippen molar-refractivity contribution in [2.24, 2.45) is 0 Å². The summed E-state index contributed by atoms with van der Waals surface area (Å²) in [7, 11) is 0. The summed E-state index contributed by atoms with van der Waals surface area (Å²) in [4.78, 5) is 19.1. The van der Waals surface area contributed by atoms with Gasteiger partial charge in [0.15, 0.2) is 17.2 Å². The lowest BCUT2D eigenvalue weighted by Crippen LogP contribution is -2.44. The van der Waals surface area contributed by atoms with Crippen LogP contribution in [0.5, 0.6) is 0 Å². The molecule has 1 aliphatic rings. The Morgan fingerprint density at radius 2 is 2.27 bits per heavy atom. The van der Waals surface area contributed by atoms with Crippen LogP contribution in [0.3, 0.4) is 0 Å². The molecule has 1 amide bonds. The summed E-state index contributed by atoms with van der Waals surface area (Å²) < 4.78 is 21.7. The molecule has 3 aromatic rings. The van der Waals surface area contributed by atoms with Crippen molar-refractivity contribution >= 4 is 16.9 Å². The summed E-state index contributed by atoms with van der Waals surface area (Å²) >= 11 is 0. The molecule has 0 saturated carbocycles. The summed E-state index contributed by atoms with van der Waals surface area (Å²) in [5, 5.41) is 0.667. The normalized spacial score (nSPS) is 17.8. The van der Waals surface area contributed by atoms with E-state index in [0.29, 0.717) is 17.5 Å². The number of halogens is 1. The number of aryl methyl sites for hydroxylation is 2. The molecule has 1 aromatic carbocycles. The number of benzene rings is 1. The fourth-order valence-electron chi connectivity index (χ4n) is 3.83. The van der Waals surface area contributed by atoms with Gasteiger partial charge in [0, 0.05) is 42.5 Å². The Labute approximate surface area is 151 Å². The van der Waals surface area contributed by atoms with E-state index in [9.17, 15) is 9.18 Å². The molecule has 6 heteroatoms. The number of aromatic nitrogens is 2. The van der Waals surface area contributed by atoms with Gasteiger partial charge in [0.1, 0.15) is 0 Å². The summed E-state index contributed by atoms with van der Waals surface area (Å²) in [6.45, 7) is 3.36. The molecule has 1 aliphatic heterocycles. The van der Waals surface area contributed by atoms with Gasteiger partial charge in [-0.2, -0.15) is 0 Å². The van der Waals surface area contributed by atoms with Gasteiger partial charge in [-0.3, -0.25) is 4.79 Å². The summed E-state index contributed by atoms with van der Waals surface area (Å²) in [5.74, 6) is -0.298. The van der Waals surface area contributed by atoms with Gasteiger partial charge in [-0.25, -0.2) is 9.37 Å². The minimum Gasteiger partial charge on any atom is -0.448 e. The molecule has 1 unspecified atom stereocenters. The number of hydrogen-bond acceptors (Lipinski definition) is 3. The van der Waals surface area contributed by atoms with Gasteiger partial charge in [0.05, 0.1) is 6.33 Å². The highest BCUT2D eigenvalue weighted by Crippen LogP contribution is 2.30. The number of carbonyl (C=O) groups excluding carboxylic acids is 1. The van der Waals surface area contributed by atoms with Gasteiger partial charge in [-0.15, -0.1) is 0 Å². The molecule has 1 atom stereocenters. The molecule has 5 nitrogen and oxygen atoms in total. The van der Waals surface area contributed by atoms with Crippen LogP contribution in [-0.4, -0.2) is 32.9 Å². The number of nitrogens with zero attached hydrogens (tertiary/aromatic N) is 3. The molecule has 2 aromatic heterocycles. The number of furan rings is 1. The Morgan fingerprint density at radius 3 is 3.04 bits per heavy atom. The maximum Gasteiger partial charge on any atom is 0.290 e. The lowest BCUT2D eigenvalue weighted by molar-refractivity contribution is 0.0564. The van der Waals surface area contributed by atoms with Gasteiger partial charge >= 0.3 is 0 Å². The van der Waals surface area contributed by atoms with Crippen molar-refractivity contribution in [3.63, 3.8) is 0 Å². The lowest BCUT2D eigenvalue weighted by atomic mass is 9.98. The fraction of sp³-hybridized carbons (Fsp3) is 0.400. The maximum atomic E-state index is 14.0. The number of imidazole rings is 1. The number of para-hydroxylation sites is 1. The number of likely N-dealkylation sites (tertiary alicyclic amines) is 1. The molecule has 3 heterocycles. The van der Waals surface area contributed by atoms with Crippen LogP contribution in [0.25, 0.3) is 11.0 Å². The summed E-state index contributed by atoms with van der Waals surface area (Å²) in [6.07, 6.45) is 9.44. The largest absolute Gasteiger partial charge is 0.448 e. The van der Waals surface area contributed by atoms with Crippen molar-refractivity contribution in [3.8, 4) is 0 Å². The highest BCUT2D eigenvalue weighted by Gasteiger charge is 2.31. The van der Waals surface area contributed by atoms with Gasteiger partial charge in [-0.1, -0.05) is 12.1 Å². The highest BCUT2D eigenvalue weighted by atomic mass is 19.1. The van der Waals surface area contributed by atoms with Crippen LogP contribution in [0.1, 0.15) is 41.8 Å². The first-order valence-corrected chi connectivity index (χ1v) is 9.09. The molecule has 1 saturated heterocycles. The first-order valence-electron chi connectivity index (χ1n) is 9.09. The zero-order chi connectivity index (χ0) is 18.1. The third-order valence-electron chi connectivity index (χ3n) is 5.28. The third kappa shape index (κ3) is 3.00.